The van der Waals surface area contributed by atoms with E-state index in [0.29, 0.717) is 29.7 Å². The highest BCUT2D eigenvalue weighted by molar-refractivity contribution is 6.10. The number of carboxylic acids is 1. The van der Waals surface area contributed by atoms with E-state index in [2.05, 4.69) is 14.8 Å². The summed E-state index contributed by atoms with van der Waals surface area (Å²) in [7, 11) is 0. The highest BCUT2D eigenvalue weighted by Gasteiger charge is 2.31. The van der Waals surface area contributed by atoms with E-state index in [1.165, 1.54) is 0 Å². The molecule has 0 spiro atoms. The van der Waals surface area contributed by atoms with Crippen molar-refractivity contribution in [1.82, 2.24) is 19.7 Å². The molecule has 1 amide bonds. The summed E-state index contributed by atoms with van der Waals surface area (Å²) in [4.78, 5) is 30.8. The van der Waals surface area contributed by atoms with E-state index in [0.717, 1.165) is 35.4 Å². The smallest absolute Gasteiger partial charge is 0.335 e. The highest BCUT2D eigenvalue weighted by atomic mass is 16.4. The standard InChI is InChI=1S/C25H19N5O3/c31-24-20-12-17(15-4-6-16(7-5-15)25(32)33)8-9-18(20)13-29(24)22-3-1-2-21(27-22)23-28-26-14-30(23)19-10-11-19/h1-9,12,14,19H,10-11,13H2,(H,32,33). The van der Waals surface area contributed by atoms with Crippen LogP contribution in [0.5, 0.6) is 0 Å². The summed E-state index contributed by atoms with van der Waals surface area (Å²) in [6.45, 7) is 0.443. The number of benzene rings is 2. The zero-order chi connectivity index (χ0) is 22.5. The van der Waals surface area contributed by atoms with Gasteiger partial charge in [-0.2, -0.15) is 0 Å². The number of rotatable bonds is 5. The van der Waals surface area contributed by atoms with E-state index < -0.39 is 5.97 Å². The number of pyridine rings is 1. The Morgan fingerprint density at radius 2 is 1.79 bits per heavy atom. The molecule has 1 N–H and O–H groups in total. The third kappa shape index (κ3) is 3.36. The van der Waals surface area contributed by atoms with Crippen molar-refractivity contribution < 1.29 is 14.7 Å². The molecular formula is C25H19N5O3. The first-order chi connectivity index (χ1) is 16.1. The molecule has 1 fully saturated rings. The predicted octanol–water partition coefficient (Wildman–Crippen LogP) is 4.20. The Balaban J connectivity index is 1.30. The lowest BCUT2D eigenvalue weighted by atomic mass is 9.99. The molecule has 2 aromatic carbocycles. The van der Waals surface area contributed by atoms with E-state index >= 15 is 0 Å². The Bertz CT molecular complexity index is 1410. The zero-order valence-electron chi connectivity index (χ0n) is 17.5. The molecule has 8 heteroatoms. The monoisotopic (exact) mass is 437 g/mol. The molecule has 2 aromatic heterocycles. The van der Waals surface area contributed by atoms with Crippen molar-refractivity contribution in [3.63, 3.8) is 0 Å². The second kappa shape index (κ2) is 7.37. The molecule has 0 saturated heterocycles. The molecule has 6 rings (SSSR count). The fraction of sp³-hybridized carbons (Fsp3) is 0.160. The van der Waals surface area contributed by atoms with Crippen molar-refractivity contribution in [2.45, 2.75) is 25.4 Å². The van der Waals surface area contributed by atoms with Gasteiger partial charge in [0.05, 0.1) is 12.1 Å². The van der Waals surface area contributed by atoms with Crippen LogP contribution in [-0.2, 0) is 6.54 Å². The van der Waals surface area contributed by atoms with Crippen molar-refractivity contribution in [3.05, 3.63) is 83.7 Å². The average molecular weight is 437 g/mol. The van der Waals surface area contributed by atoms with Crippen LogP contribution in [0.4, 0.5) is 5.82 Å². The van der Waals surface area contributed by atoms with Crippen molar-refractivity contribution in [3.8, 4) is 22.6 Å². The lowest BCUT2D eigenvalue weighted by molar-refractivity contribution is 0.0696. The van der Waals surface area contributed by atoms with E-state index in [1.807, 2.05) is 36.4 Å². The van der Waals surface area contributed by atoms with Gasteiger partial charge in [-0.25, -0.2) is 9.78 Å². The van der Waals surface area contributed by atoms with Gasteiger partial charge in [0.25, 0.3) is 5.91 Å². The molecule has 1 aliphatic carbocycles. The molecule has 0 bridgehead atoms. The van der Waals surface area contributed by atoms with Crippen LogP contribution >= 0.6 is 0 Å². The summed E-state index contributed by atoms with van der Waals surface area (Å²) < 4.78 is 2.05. The fourth-order valence-electron chi connectivity index (χ4n) is 4.21. The maximum atomic E-state index is 13.3. The number of carbonyl (C=O) groups excluding carboxylic acids is 1. The molecule has 162 valence electrons. The number of aromatic nitrogens is 4. The Morgan fingerprint density at radius 1 is 1.00 bits per heavy atom. The molecule has 0 unspecified atom stereocenters. The van der Waals surface area contributed by atoms with E-state index in [4.69, 9.17) is 10.1 Å². The Hall–Kier alpha value is -4.33. The topological polar surface area (TPSA) is 101 Å². The Kier molecular flexibility index (Phi) is 4.33. The van der Waals surface area contributed by atoms with Crippen LogP contribution in [0.1, 0.15) is 45.2 Å². The van der Waals surface area contributed by atoms with Gasteiger partial charge in [-0.3, -0.25) is 9.69 Å². The van der Waals surface area contributed by atoms with E-state index in [-0.39, 0.29) is 11.5 Å². The number of hydrogen-bond donors (Lipinski definition) is 1. The molecule has 8 nitrogen and oxygen atoms in total. The molecule has 3 heterocycles. The second-order valence-corrected chi connectivity index (χ2v) is 8.32. The van der Waals surface area contributed by atoms with Crippen molar-refractivity contribution in [2.75, 3.05) is 4.90 Å². The van der Waals surface area contributed by atoms with Gasteiger partial charge < -0.3 is 9.67 Å². The predicted molar refractivity (Wildman–Crippen MR) is 121 cm³/mol. The second-order valence-electron chi connectivity index (χ2n) is 8.32. The number of anilines is 1. The first-order valence-electron chi connectivity index (χ1n) is 10.7. The number of carboxylic acid groups (broad SMARTS) is 1. The van der Waals surface area contributed by atoms with Crippen molar-refractivity contribution >= 4 is 17.7 Å². The minimum Gasteiger partial charge on any atom is -0.478 e. The van der Waals surface area contributed by atoms with Gasteiger partial charge in [0, 0.05) is 11.6 Å². The Labute approximate surface area is 189 Å². The number of hydrogen-bond acceptors (Lipinski definition) is 5. The number of carbonyl (C=O) groups is 2. The SMILES string of the molecule is O=C(O)c1ccc(-c2ccc3c(c2)C(=O)N(c2cccc(-c4nncn4C4CC4)n2)C3)cc1. The van der Waals surface area contributed by atoms with Crippen LogP contribution in [-0.4, -0.2) is 36.7 Å². The molecule has 0 atom stereocenters. The van der Waals surface area contributed by atoms with Crippen LogP contribution < -0.4 is 4.90 Å². The molecule has 4 aromatic rings. The lowest BCUT2D eigenvalue weighted by Crippen LogP contribution is -2.24. The first-order valence-corrected chi connectivity index (χ1v) is 10.7. The molecule has 0 radical (unpaired) electrons. The third-order valence-corrected chi connectivity index (χ3v) is 6.13. The summed E-state index contributed by atoms with van der Waals surface area (Å²) in [6.07, 6.45) is 3.97. The normalized spacial score (nSPS) is 15.0. The zero-order valence-corrected chi connectivity index (χ0v) is 17.5. The summed E-state index contributed by atoms with van der Waals surface area (Å²) in [5.41, 5.74) is 4.20. The minimum absolute atomic E-state index is 0.109. The number of amides is 1. The highest BCUT2D eigenvalue weighted by Crippen LogP contribution is 2.38. The molecule has 1 aliphatic heterocycles. The number of aromatic carboxylic acids is 1. The van der Waals surface area contributed by atoms with Gasteiger partial charge in [0.15, 0.2) is 5.82 Å². The van der Waals surface area contributed by atoms with Crippen LogP contribution in [0, 0.1) is 0 Å². The summed E-state index contributed by atoms with van der Waals surface area (Å²) in [6, 6.07) is 18.4. The van der Waals surface area contributed by atoms with Crippen molar-refractivity contribution in [1.29, 1.82) is 0 Å². The van der Waals surface area contributed by atoms with Crippen LogP contribution in [0.2, 0.25) is 0 Å². The van der Waals surface area contributed by atoms with Gasteiger partial charge >= 0.3 is 5.97 Å². The summed E-state index contributed by atoms with van der Waals surface area (Å²) >= 11 is 0. The molecule has 2 aliphatic rings. The van der Waals surface area contributed by atoms with E-state index in [1.54, 1.807) is 35.5 Å². The minimum atomic E-state index is -0.966. The third-order valence-electron chi connectivity index (χ3n) is 6.13. The quantitative estimate of drug-likeness (QED) is 0.502. The largest absolute Gasteiger partial charge is 0.478 e. The summed E-state index contributed by atoms with van der Waals surface area (Å²) in [5.74, 6) is 0.218. The maximum absolute atomic E-state index is 13.3. The average Bonchev–Trinajstić information content (AvgIpc) is 3.48. The van der Waals surface area contributed by atoms with Gasteiger partial charge in [-0.1, -0.05) is 30.3 Å². The van der Waals surface area contributed by atoms with Crippen molar-refractivity contribution in [2.24, 2.45) is 0 Å². The van der Waals surface area contributed by atoms with Gasteiger partial charge in [0.2, 0.25) is 0 Å². The van der Waals surface area contributed by atoms with Gasteiger partial charge in [-0.05, 0) is 59.9 Å². The van der Waals surface area contributed by atoms with E-state index in [9.17, 15) is 9.59 Å². The van der Waals surface area contributed by atoms with Crippen LogP contribution in [0.15, 0.2) is 67.0 Å². The molecular weight excluding hydrogens is 418 g/mol. The summed E-state index contributed by atoms with van der Waals surface area (Å²) in [5, 5.41) is 17.4. The van der Waals surface area contributed by atoms with Gasteiger partial charge in [-0.15, -0.1) is 10.2 Å². The Morgan fingerprint density at radius 3 is 2.55 bits per heavy atom. The number of fused-ring (bicyclic) bond motifs is 1. The van der Waals surface area contributed by atoms with Gasteiger partial charge in [0.1, 0.15) is 17.8 Å². The first kappa shape index (κ1) is 19.4. The molecule has 1 saturated carbocycles. The number of nitrogens with zero attached hydrogens (tertiary/aromatic N) is 5. The fourth-order valence-corrected chi connectivity index (χ4v) is 4.21. The lowest BCUT2D eigenvalue weighted by Gasteiger charge is -2.15. The van der Waals surface area contributed by atoms with Crippen LogP contribution in [0.25, 0.3) is 22.6 Å². The maximum Gasteiger partial charge on any atom is 0.335 e. The van der Waals surface area contributed by atoms with Crippen LogP contribution in [0.3, 0.4) is 0 Å². The molecule has 33 heavy (non-hydrogen) atoms.